The van der Waals surface area contributed by atoms with Gasteiger partial charge in [-0.05, 0) is 44.2 Å². The first kappa shape index (κ1) is 19.0. The van der Waals surface area contributed by atoms with Crippen molar-refractivity contribution in [1.82, 2.24) is 10.3 Å². The molecule has 0 aliphatic heterocycles. The van der Waals surface area contributed by atoms with Crippen LogP contribution in [-0.4, -0.2) is 25.1 Å². The maximum atomic E-state index is 12.3. The summed E-state index contributed by atoms with van der Waals surface area (Å²) in [5.41, 5.74) is 1.65. The number of nitrogens with zero attached hydrogens (tertiary/aromatic N) is 1. The van der Waals surface area contributed by atoms with Crippen molar-refractivity contribution in [2.24, 2.45) is 0 Å². The molecule has 1 aromatic carbocycles. The molecular formula is C20H22N2O4S. The fourth-order valence-electron chi connectivity index (χ4n) is 2.70. The molecule has 1 unspecified atom stereocenters. The summed E-state index contributed by atoms with van der Waals surface area (Å²) in [6.45, 7) is 3.77. The van der Waals surface area contributed by atoms with Crippen LogP contribution >= 0.6 is 11.3 Å². The van der Waals surface area contributed by atoms with E-state index >= 15 is 0 Å². The molecule has 0 fully saturated rings. The van der Waals surface area contributed by atoms with Gasteiger partial charge in [-0.15, -0.1) is 11.3 Å². The van der Waals surface area contributed by atoms with Gasteiger partial charge in [0.15, 0.2) is 11.5 Å². The Hall–Kier alpha value is -2.80. The van der Waals surface area contributed by atoms with Gasteiger partial charge >= 0.3 is 0 Å². The second-order valence-electron chi connectivity index (χ2n) is 6.13. The van der Waals surface area contributed by atoms with Crippen molar-refractivity contribution in [2.75, 3.05) is 14.2 Å². The number of carbonyl (C=O) groups is 1. The number of methoxy groups -OCH3 is 2. The average molecular weight is 386 g/mol. The van der Waals surface area contributed by atoms with E-state index in [0.29, 0.717) is 11.5 Å². The number of amides is 1. The van der Waals surface area contributed by atoms with Gasteiger partial charge in [0.1, 0.15) is 16.5 Å². The minimum Gasteiger partial charge on any atom is -0.493 e. The Morgan fingerprint density at radius 1 is 1.22 bits per heavy atom. The van der Waals surface area contributed by atoms with Gasteiger partial charge in [0.05, 0.1) is 32.4 Å². The van der Waals surface area contributed by atoms with E-state index in [1.807, 2.05) is 49.6 Å². The summed E-state index contributed by atoms with van der Waals surface area (Å²) in [5.74, 6) is 2.78. The van der Waals surface area contributed by atoms with Crippen LogP contribution < -0.4 is 14.8 Å². The molecule has 1 N–H and O–H groups in total. The summed E-state index contributed by atoms with van der Waals surface area (Å²) in [7, 11) is 3.20. The Morgan fingerprint density at radius 2 is 2.00 bits per heavy atom. The zero-order valence-corrected chi connectivity index (χ0v) is 16.6. The van der Waals surface area contributed by atoms with Crippen LogP contribution in [0.2, 0.25) is 0 Å². The first-order valence-corrected chi connectivity index (χ1v) is 9.40. The van der Waals surface area contributed by atoms with E-state index in [1.54, 1.807) is 14.2 Å². The van der Waals surface area contributed by atoms with Gasteiger partial charge < -0.3 is 19.2 Å². The number of furan rings is 1. The lowest BCUT2D eigenvalue weighted by atomic mass is 10.2. The van der Waals surface area contributed by atoms with E-state index in [2.05, 4.69) is 10.3 Å². The third kappa shape index (κ3) is 4.49. The highest BCUT2D eigenvalue weighted by Gasteiger charge is 2.15. The Bertz CT molecular complexity index is 932. The fourth-order valence-corrected chi connectivity index (χ4v) is 3.52. The number of benzene rings is 1. The van der Waals surface area contributed by atoms with Gasteiger partial charge in [0.25, 0.3) is 0 Å². The van der Waals surface area contributed by atoms with Crippen LogP contribution in [0.1, 0.15) is 30.2 Å². The normalized spacial score (nSPS) is 11.9. The number of aromatic nitrogens is 1. The van der Waals surface area contributed by atoms with Gasteiger partial charge in [-0.3, -0.25) is 4.79 Å². The van der Waals surface area contributed by atoms with E-state index in [1.165, 1.54) is 11.3 Å². The van der Waals surface area contributed by atoms with Crippen molar-refractivity contribution in [3.63, 3.8) is 0 Å². The first-order chi connectivity index (χ1) is 13.0. The zero-order chi connectivity index (χ0) is 19.4. The number of hydrogen-bond acceptors (Lipinski definition) is 6. The van der Waals surface area contributed by atoms with E-state index < -0.39 is 0 Å². The van der Waals surface area contributed by atoms with Gasteiger partial charge in [-0.25, -0.2) is 4.98 Å². The maximum absolute atomic E-state index is 12.3. The molecule has 142 valence electrons. The van der Waals surface area contributed by atoms with E-state index in [9.17, 15) is 4.79 Å². The fraction of sp³-hybridized carbons (Fsp3) is 0.300. The highest BCUT2D eigenvalue weighted by molar-refractivity contribution is 7.13. The predicted molar refractivity (Wildman–Crippen MR) is 104 cm³/mol. The van der Waals surface area contributed by atoms with Crippen LogP contribution in [0.5, 0.6) is 11.5 Å². The second-order valence-corrected chi connectivity index (χ2v) is 6.99. The van der Waals surface area contributed by atoms with Crippen LogP contribution in [0.25, 0.3) is 10.6 Å². The summed E-state index contributed by atoms with van der Waals surface area (Å²) in [4.78, 5) is 16.9. The molecule has 0 aliphatic rings. The lowest BCUT2D eigenvalue weighted by molar-refractivity contribution is -0.121. The molecule has 1 atom stereocenters. The zero-order valence-electron chi connectivity index (χ0n) is 15.7. The van der Waals surface area contributed by atoms with E-state index in [4.69, 9.17) is 13.9 Å². The second kappa shape index (κ2) is 8.26. The number of nitrogens with one attached hydrogen (secondary N) is 1. The number of aryl methyl sites for hydroxylation is 1. The summed E-state index contributed by atoms with van der Waals surface area (Å²) in [6.07, 6.45) is 0.216. The first-order valence-electron chi connectivity index (χ1n) is 8.52. The summed E-state index contributed by atoms with van der Waals surface area (Å²) >= 11 is 1.49. The molecule has 0 saturated heterocycles. The molecule has 0 spiro atoms. The minimum atomic E-state index is -0.185. The van der Waals surface area contributed by atoms with Crippen molar-refractivity contribution in [3.05, 3.63) is 52.9 Å². The average Bonchev–Trinajstić information content (AvgIpc) is 3.30. The van der Waals surface area contributed by atoms with Crippen molar-refractivity contribution in [1.29, 1.82) is 0 Å². The molecule has 0 saturated carbocycles. The smallest absolute Gasteiger partial charge is 0.226 e. The molecule has 3 rings (SSSR count). The van der Waals surface area contributed by atoms with Crippen molar-refractivity contribution in [3.8, 4) is 22.1 Å². The predicted octanol–water partition coefficient (Wildman–Crippen LogP) is 4.15. The van der Waals surface area contributed by atoms with Crippen LogP contribution in [0.15, 0.2) is 40.1 Å². The topological polar surface area (TPSA) is 73.6 Å². The van der Waals surface area contributed by atoms with E-state index in [0.717, 1.165) is 27.8 Å². The maximum Gasteiger partial charge on any atom is 0.226 e. The number of hydrogen-bond donors (Lipinski definition) is 1. The van der Waals surface area contributed by atoms with Crippen molar-refractivity contribution in [2.45, 2.75) is 26.3 Å². The lowest BCUT2D eigenvalue weighted by Gasteiger charge is -2.10. The molecule has 0 radical (unpaired) electrons. The number of carbonyl (C=O) groups excluding carboxylic acids is 1. The van der Waals surface area contributed by atoms with Crippen LogP contribution in [0.3, 0.4) is 0 Å². The number of rotatable bonds is 7. The molecule has 6 nitrogen and oxygen atoms in total. The Kier molecular flexibility index (Phi) is 5.81. The standard InChI is InChI=1S/C20H22N2O4S/c1-12-5-7-16(26-12)13(2)21-19(23)10-15-11-27-20(22-15)14-6-8-17(24-3)18(9-14)25-4/h5-9,11,13H,10H2,1-4H3,(H,21,23). The molecule has 1 amide bonds. The molecule has 2 aromatic heterocycles. The molecule has 7 heteroatoms. The van der Waals surface area contributed by atoms with E-state index in [-0.39, 0.29) is 18.4 Å². The molecule has 0 bridgehead atoms. The Labute approximate surface area is 162 Å². The quantitative estimate of drug-likeness (QED) is 0.660. The third-order valence-corrected chi connectivity index (χ3v) is 5.03. The molecule has 3 aromatic rings. The van der Waals surface area contributed by atoms with Crippen LogP contribution in [0, 0.1) is 6.92 Å². The minimum absolute atomic E-state index is 0.0966. The van der Waals surface area contributed by atoms with Gasteiger partial charge in [-0.1, -0.05) is 0 Å². The summed E-state index contributed by atoms with van der Waals surface area (Å²) in [6, 6.07) is 9.21. The van der Waals surface area contributed by atoms with Crippen molar-refractivity contribution < 1.29 is 18.7 Å². The van der Waals surface area contributed by atoms with Gasteiger partial charge in [0, 0.05) is 10.9 Å². The summed E-state index contributed by atoms with van der Waals surface area (Å²) < 4.78 is 16.1. The summed E-state index contributed by atoms with van der Waals surface area (Å²) in [5, 5.41) is 5.66. The monoisotopic (exact) mass is 386 g/mol. The highest BCUT2D eigenvalue weighted by Crippen LogP contribution is 2.33. The van der Waals surface area contributed by atoms with Gasteiger partial charge in [-0.2, -0.15) is 0 Å². The number of thiazole rings is 1. The SMILES string of the molecule is COc1ccc(-c2nc(CC(=O)NC(C)c3ccc(C)o3)cs2)cc1OC. The lowest BCUT2D eigenvalue weighted by Crippen LogP contribution is -2.27. The molecular weight excluding hydrogens is 364 g/mol. The molecule has 2 heterocycles. The highest BCUT2D eigenvalue weighted by atomic mass is 32.1. The van der Waals surface area contributed by atoms with Crippen LogP contribution in [0.4, 0.5) is 0 Å². The Morgan fingerprint density at radius 3 is 2.67 bits per heavy atom. The molecule has 27 heavy (non-hydrogen) atoms. The number of ether oxygens (including phenoxy) is 2. The van der Waals surface area contributed by atoms with Crippen molar-refractivity contribution >= 4 is 17.2 Å². The Balaban J connectivity index is 1.66. The third-order valence-electron chi connectivity index (χ3n) is 4.09. The van der Waals surface area contributed by atoms with Gasteiger partial charge in [0.2, 0.25) is 5.91 Å². The van der Waals surface area contributed by atoms with Crippen LogP contribution in [-0.2, 0) is 11.2 Å². The largest absolute Gasteiger partial charge is 0.493 e. The molecule has 0 aliphatic carbocycles.